The number of esters is 1. The highest BCUT2D eigenvalue weighted by Gasteiger charge is 2.28. The lowest BCUT2D eigenvalue weighted by Gasteiger charge is -2.18. The van der Waals surface area contributed by atoms with Gasteiger partial charge in [0.1, 0.15) is 12.7 Å². The zero-order chi connectivity index (χ0) is 39.3. The molecule has 0 heterocycles. The topological polar surface area (TPSA) is 169 Å². The van der Waals surface area contributed by atoms with Crippen LogP contribution in [0.3, 0.4) is 0 Å². The molecule has 12 heteroatoms. The number of carboxylic acids is 1. The number of hydrogen-bond acceptors (Lipinski definition) is 8. The monoisotopic (exact) mass is 776 g/mol. The van der Waals surface area contributed by atoms with Crippen LogP contribution in [0, 0.1) is 0 Å². The number of phosphoric ester groups is 1. The predicted octanol–water partition coefficient (Wildman–Crippen LogP) is 10.5. The first-order chi connectivity index (χ1) is 25.6. The molecule has 0 aromatic heterocycles. The fourth-order valence-corrected chi connectivity index (χ4v) is 6.73. The van der Waals surface area contributed by atoms with Gasteiger partial charge in [-0.05, 0) is 38.5 Å². The molecule has 0 aliphatic rings. The van der Waals surface area contributed by atoms with Crippen LogP contribution >= 0.6 is 7.82 Å². The van der Waals surface area contributed by atoms with Crippen LogP contribution in [0.2, 0.25) is 0 Å². The molecule has 3 unspecified atom stereocenters. The maximum absolute atomic E-state index is 12.3. The predicted molar refractivity (Wildman–Crippen MR) is 213 cm³/mol. The fraction of sp³-hybridized carbons (Fsp3) is 0.878. The standard InChI is InChI=1S/C41H78NO10P/c1-3-5-7-9-11-13-15-17-19-20-22-24-26-28-30-32-39(44)42-38(41(46)47)36-52-53(48,49)51-35-37(43)34-50-40(45)33-31-29-27-25-23-21-18-16-14-12-10-8-6-4-2/h16,18,37-38,43H,3-15,17,19-36H2,1-2H3,(H,42,44)(H,46,47)(H,48,49)/b18-16-. The summed E-state index contributed by atoms with van der Waals surface area (Å²) in [5.41, 5.74) is 0. The fourth-order valence-electron chi connectivity index (χ4n) is 5.96. The van der Waals surface area contributed by atoms with E-state index in [2.05, 4.69) is 31.3 Å². The Morgan fingerprint density at radius 1 is 0.585 bits per heavy atom. The summed E-state index contributed by atoms with van der Waals surface area (Å²) in [7, 11) is -4.75. The Balaban J connectivity index is 3.91. The molecule has 3 atom stereocenters. The van der Waals surface area contributed by atoms with Crippen molar-refractivity contribution in [2.75, 3.05) is 19.8 Å². The molecule has 0 aromatic carbocycles. The lowest BCUT2D eigenvalue weighted by molar-refractivity contribution is -0.147. The average Bonchev–Trinajstić information content (AvgIpc) is 3.13. The molecule has 11 nitrogen and oxygen atoms in total. The second kappa shape index (κ2) is 37.2. The van der Waals surface area contributed by atoms with E-state index in [1.54, 1.807) is 0 Å². The minimum atomic E-state index is -4.75. The van der Waals surface area contributed by atoms with Crippen LogP contribution in [0.15, 0.2) is 12.2 Å². The second-order valence-corrected chi connectivity index (χ2v) is 16.0. The number of phosphoric acid groups is 1. The van der Waals surface area contributed by atoms with Gasteiger partial charge in [0, 0.05) is 12.8 Å². The van der Waals surface area contributed by atoms with Crippen LogP contribution in [-0.4, -0.2) is 64.9 Å². The summed E-state index contributed by atoms with van der Waals surface area (Å²) < 4.78 is 26.8. The summed E-state index contributed by atoms with van der Waals surface area (Å²) in [5.74, 6) is -2.37. The molecule has 0 saturated heterocycles. The number of aliphatic hydroxyl groups excluding tert-OH is 1. The molecule has 4 N–H and O–H groups in total. The van der Waals surface area contributed by atoms with E-state index >= 15 is 0 Å². The number of hydrogen-bond donors (Lipinski definition) is 4. The molecule has 0 bridgehead atoms. The smallest absolute Gasteiger partial charge is 0.472 e. The number of aliphatic carboxylic acids is 1. The third-order valence-corrected chi connectivity index (χ3v) is 10.3. The van der Waals surface area contributed by atoms with Crippen molar-refractivity contribution in [3.8, 4) is 0 Å². The van der Waals surface area contributed by atoms with Crippen LogP contribution in [0.4, 0.5) is 0 Å². The average molecular weight is 776 g/mol. The SMILES string of the molecule is CCCCCCC/C=C\CCCCCCCC(=O)OCC(O)COP(=O)(O)OCC(NC(=O)CCCCCCCCCCCCCCCCC)C(=O)O. The summed E-state index contributed by atoms with van der Waals surface area (Å²) in [6.45, 7) is 2.58. The lowest BCUT2D eigenvalue weighted by Crippen LogP contribution is -2.43. The van der Waals surface area contributed by atoms with Crippen LogP contribution in [0.5, 0.6) is 0 Å². The molecule has 0 radical (unpaired) electrons. The van der Waals surface area contributed by atoms with Crippen molar-refractivity contribution in [3.63, 3.8) is 0 Å². The molecule has 0 aliphatic heterocycles. The first kappa shape index (κ1) is 51.2. The van der Waals surface area contributed by atoms with E-state index in [9.17, 15) is 34.1 Å². The van der Waals surface area contributed by atoms with Gasteiger partial charge >= 0.3 is 19.8 Å². The number of ether oxygens (including phenoxy) is 1. The van der Waals surface area contributed by atoms with Gasteiger partial charge in [-0.15, -0.1) is 0 Å². The van der Waals surface area contributed by atoms with E-state index in [1.165, 1.54) is 103 Å². The Kier molecular flexibility index (Phi) is 35.9. The van der Waals surface area contributed by atoms with Crippen LogP contribution in [0.25, 0.3) is 0 Å². The molecule has 0 aliphatic carbocycles. The molecule has 0 aromatic rings. The second-order valence-electron chi connectivity index (χ2n) is 14.5. The summed E-state index contributed by atoms with van der Waals surface area (Å²) >= 11 is 0. The molecular formula is C41H78NO10P. The highest BCUT2D eigenvalue weighted by molar-refractivity contribution is 7.47. The van der Waals surface area contributed by atoms with E-state index in [0.717, 1.165) is 57.8 Å². The van der Waals surface area contributed by atoms with Gasteiger partial charge in [0.05, 0.1) is 13.2 Å². The minimum Gasteiger partial charge on any atom is -0.480 e. The number of nitrogens with one attached hydrogen (secondary N) is 1. The minimum absolute atomic E-state index is 0.150. The maximum atomic E-state index is 12.3. The van der Waals surface area contributed by atoms with Crippen molar-refractivity contribution in [2.45, 2.75) is 212 Å². The van der Waals surface area contributed by atoms with Gasteiger partial charge in [0.2, 0.25) is 5.91 Å². The number of carboxylic acid groups (broad SMARTS) is 1. The molecular weight excluding hydrogens is 697 g/mol. The highest BCUT2D eigenvalue weighted by atomic mass is 31.2. The van der Waals surface area contributed by atoms with Crippen molar-refractivity contribution < 1.29 is 47.8 Å². The normalized spacial score (nSPS) is 13.9. The molecule has 0 fully saturated rings. The van der Waals surface area contributed by atoms with Gasteiger partial charge in [-0.25, -0.2) is 9.36 Å². The Hall–Kier alpha value is -1.78. The van der Waals surface area contributed by atoms with Gasteiger partial charge in [0.15, 0.2) is 6.04 Å². The first-order valence-electron chi connectivity index (χ1n) is 21.2. The Morgan fingerprint density at radius 3 is 1.43 bits per heavy atom. The van der Waals surface area contributed by atoms with Gasteiger partial charge < -0.3 is 25.2 Å². The van der Waals surface area contributed by atoms with Crippen molar-refractivity contribution in [1.29, 1.82) is 0 Å². The zero-order valence-corrected chi connectivity index (χ0v) is 34.5. The number of carbonyl (C=O) groups excluding carboxylic acids is 2. The highest BCUT2D eigenvalue weighted by Crippen LogP contribution is 2.43. The quantitative estimate of drug-likeness (QED) is 0.0203. The van der Waals surface area contributed by atoms with E-state index in [0.29, 0.717) is 12.8 Å². The van der Waals surface area contributed by atoms with Gasteiger partial charge in [-0.3, -0.25) is 18.6 Å². The molecule has 312 valence electrons. The largest absolute Gasteiger partial charge is 0.480 e. The third-order valence-electron chi connectivity index (χ3n) is 9.30. The molecule has 1 amide bonds. The third kappa shape index (κ3) is 36.9. The summed E-state index contributed by atoms with van der Waals surface area (Å²) in [4.78, 5) is 45.8. The van der Waals surface area contributed by atoms with Gasteiger partial charge in [-0.2, -0.15) is 0 Å². The summed E-state index contributed by atoms with van der Waals surface area (Å²) in [5, 5.41) is 21.8. The zero-order valence-electron chi connectivity index (χ0n) is 33.6. The van der Waals surface area contributed by atoms with Crippen LogP contribution in [0.1, 0.15) is 200 Å². The van der Waals surface area contributed by atoms with Gasteiger partial charge in [-0.1, -0.05) is 161 Å². The van der Waals surface area contributed by atoms with E-state index in [-0.39, 0.29) is 12.8 Å². The van der Waals surface area contributed by atoms with Crippen molar-refractivity contribution in [3.05, 3.63) is 12.2 Å². The number of allylic oxidation sites excluding steroid dienone is 2. The summed E-state index contributed by atoms with van der Waals surface area (Å²) in [6.07, 6.45) is 35.2. The number of aliphatic hydroxyl groups is 1. The summed E-state index contributed by atoms with van der Waals surface area (Å²) in [6, 6.07) is -1.54. The van der Waals surface area contributed by atoms with E-state index in [4.69, 9.17) is 13.8 Å². The number of unbranched alkanes of at least 4 members (excludes halogenated alkanes) is 24. The van der Waals surface area contributed by atoms with Crippen molar-refractivity contribution >= 4 is 25.7 Å². The molecule has 0 saturated carbocycles. The molecule has 0 rings (SSSR count). The molecule has 0 spiro atoms. The Morgan fingerprint density at radius 2 is 0.981 bits per heavy atom. The van der Waals surface area contributed by atoms with Crippen LogP contribution in [-0.2, 0) is 32.7 Å². The van der Waals surface area contributed by atoms with Crippen molar-refractivity contribution in [2.24, 2.45) is 0 Å². The van der Waals surface area contributed by atoms with Crippen LogP contribution < -0.4 is 5.32 Å². The maximum Gasteiger partial charge on any atom is 0.472 e. The van der Waals surface area contributed by atoms with Crippen molar-refractivity contribution in [1.82, 2.24) is 5.32 Å². The lowest BCUT2D eigenvalue weighted by atomic mass is 10.0. The molecule has 53 heavy (non-hydrogen) atoms. The number of amides is 1. The Labute approximate surface area is 322 Å². The van der Waals surface area contributed by atoms with E-state index < -0.39 is 57.6 Å². The van der Waals surface area contributed by atoms with E-state index in [1.807, 2.05) is 0 Å². The number of carbonyl (C=O) groups is 3. The van der Waals surface area contributed by atoms with Gasteiger partial charge in [0.25, 0.3) is 0 Å². The first-order valence-corrected chi connectivity index (χ1v) is 22.7. The Bertz CT molecular complexity index is 963. The number of rotatable bonds is 40.